The van der Waals surface area contributed by atoms with Gasteiger partial charge in [0.1, 0.15) is 23.3 Å². The van der Waals surface area contributed by atoms with E-state index in [4.69, 9.17) is 10.5 Å². The summed E-state index contributed by atoms with van der Waals surface area (Å²) in [6, 6.07) is 13.2. The second-order valence-electron chi connectivity index (χ2n) is 6.90. The Kier molecular flexibility index (Phi) is 5.63. The largest absolute Gasteiger partial charge is 0.438 e. The molecule has 29 heavy (non-hydrogen) atoms. The molecule has 1 aliphatic heterocycles. The molecule has 0 bridgehead atoms. The minimum Gasteiger partial charge on any atom is -0.438 e. The molecule has 0 aliphatic carbocycles. The van der Waals surface area contributed by atoms with Gasteiger partial charge in [-0.25, -0.2) is 9.97 Å². The van der Waals surface area contributed by atoms with Gasteiger partial charge in [0.15, 0.2) is 0 Å². The lowest BCUT2D eigenvalue weighted by Crippen LogP contribution is -2.18. The van der Waals surface area contributed by atoms with Gasteiger partial charge in [-0.3, -0.25) is 4.98 Å². The van der Waals surface area contributed by atoms with Crippen molar-refractivity contribution in [2.24, 2.45) is 5.73 Å². The highest BCUT2D eigenvalue weighted by molar-refractivity contribution is 5.66. The predicted octanol–water partition coefficient (Wildman–Crippen LogP) is 3.30. The summed E-state index contributed by atoms with van der Waals surface area (Å²) in [6.45, 7) is 2.58. The average Bonchev–Trinajstić information content (AvgIpc) is 3.30. The first-order valence-electron chi connectivity index (χ1n) is 9.72. The zero-order valence-corrected chi connectivity index (χ0v) is 16.1. The third-order valence-electron chi connectivity index (χ3n) is 4.87. The van der Waals surface area contributed by atoms with E-state index in [9.17, 15) is 5.26 Å². The number of pyridine rings is 3. The maximum absolute atomic E-state index is 9.26. The quantitative estimate of drug-likeness (QED) is 0.693. The third-order valence-corrected chi connectivity index (χ3v) is 4.87. The Hall–Kier alpha value is -3.50. The van der Waals surface area contributed by atoms with E-state index >= 15 is 0 Å². The van der Waals surface area contributed by atoms with Crippen molar-refractivity contribution in [1.82, 2.24) is 15.0 Å². The van der Waals surface area contributed by atoms with E-state index in [-0.39, 0.29) is 5.69 Å². The molecule has 7 heteroatoms. The van der Waals surface area contributed by atoms with Gasteiger partial charge in [-0.2, -0.15) is 5.26 Å². The molecule has 146 valence electrons. The molecule has 3 aromatic heterocycles. The molecule has 0 unspecified atom stereocenters. The molecule has 2 N–H and O–H groups in total. The summed E-state index contributed by atoms with van der Waals surface area (Å²) < 4.78 is 6.10. The van der Waals surface area contributed by atoms with Crippen LogP contribution < -0.4 is 15.4 Å². The Balaban J connectivity index is 1.66. The van der Waals surface area contributed by atoms with Crippen molar-refractivity contribution in [1.29, 1.82) is 5.26 Å². The molecule has 0 saturated carbocycles. The molecular weight excluding hydrogens is 364 g/mol. The van der Waals surface area contributed by atoms with Crippen molar-refractivity contribution < 1.29 is 4.74 Å². The van der Waals surface area contributed by atoms with E-state index in [1.807, 2.05) is 30.5 Å². The van der Waals surface area contributed by atoms with Gasteiger partial charge in [0.2, 0.25) is 5.88 Å². The molecular formula is C22H22N6O. The molecule has 0 radical (unpaired) electrons. The first-order valence-corrected chi connectivity index (χ1v) is 9.72. The van der Waals surface area contributed by atoms with Crippen LogP contribution in [0.3, 0.4) is 0 Å². The lowest BCUT2D eigenvalue weighted by molar-refractivity contribution is 0.463. The second-order valence-corrected chi connectivity index (χ2v) is 6.90. The fourth-order valence-corrected chi connectivity index (χ4v) is 3.37. The highest BCUT2D eigenvalue weighted by atomic mass is 16.5. The van der Waals surface area contributed by atoms with Crippen LogP contribution in [0.15, 0.2) is 48.8 Å². The SMILES string of the molecule is N#Cc1ccc(-c2ccc(CCN)cn2)c(Oc2ccnc(N3CCCC3)c2)n1. The van der Waals surface area contributed by atoms with Crippen LogP contribution in [0.25, 0.3) is 11.3 Å². The van der Waals surface area contributed by atoms with E-state index in [1.54, 1.807) is 18.3 Å². The molecule has 4 heterocycles. The number of aromatic nitrogens is 3. The van der Waals surface area contributed by atoms with Crippen LogP contribution in [-0.4, -0.2) is 34.6 Å². The van der Waals surface area contributed by atoms with Crippen molar-refractivity contribution in [3.63, 3.8) is 0 Å². The molecule has 0 aromatic carbocycles. The Labute approximate surface area is 169 Å². The molecule has 0 atom stereocenters. The number of hydrogen-bond acceptors (Lipinski definition) is 7. The number of nitriles is 1. The van der Waals surface area contributed by atoms with Crippen LogP contribution in [0.2, 0.25) is 0 Å². The van der Waals surface area contributed by atoms with Crippen molar-refractivity contribution in [3.8, 4) is 29.0 Å². The highest BCUT2D eigenvalue weighted by Gasteiger charge is 2.16. The number of hydrogen-bond donors (Lipinski definition) is 1. The molecule has 1 fully saturated rings. The number of ether oxygens (including phenoxy) is 1. The lowest BCUT2D eigenvalue weighted by Gasteiger charge is -2.17. The van der Waals surface area contributed by atoms with Gasteiger partial charge in [-0.1, -0.05) is 6.07 Å². The summed E-state index contributed by atoms with van der Waals surface area (Å²) in [6.07, 6.45) is 6.67. The number of nitrogens with two attached hydrogens (primary N) is 1. The Morgan fingerprint density at radius 3 is 2.69 bits per heavy atom. The van der Waals surface area contributed by atoms with Crippen molar-refractivity contribution >= 4 is 5.82 Å². The highest BCUT2D eigenvalue weighted by Crippen LogP contribution is 2.32. The molecule has 3 aromatic rings. The maximum atomic E-state index is 9.26. The van der Waals surface area contributed by atoms with Crippen LogP contribution in [0.4, 0.5) is 5.82 Å². The summed E-state index contributed by atoms with van der Waals surface area (Å²) in [5, 5.41) is 9.26. The zero-order valence-electron chi connectivity index (χ0n) is 16.1. The lowest BCUT2D eigenvalue weighted by atomic mass is 10.1. The summed E-state index contributed by atoms with van der Waals surface area (Å²) in [5.74, 6) is 1.87. The Bertz CT molecular complexity index is 1020. The predicted molar refractivity (Wildman–Crippen MR) is 111 cm³/mol. The van der Waals surface area contributed by atoms with E-state index in [0.29, 0.717) is 18.2 Å². The Morgan fingerprint density at radius 1 is 1.10 bits per heavy atom. The van der Waals surface area contributed by atoms with Crippen molar-refractivity contribution in [3.05, 3.63) is 60.0 Å². The summed E-state index contributed by atoms with van der Waals surface area (Å²) in [5.41, 5.74) is 8.43. The fraction of sp³-hybridized carbons (Fsp3) is 0.273. The summed E-state index contributed by atoms with van der Waals surface area (Å²) in [7, 11) is 0. The smallest absolute Gasteiger partial charge is 0.229 e. The molecule has 1 saturated heterocycles. The number of anilines is 1. The molecule has 4 rings (SSSR count). The van der Waals surface area contributed by atoms with E-state index in [0.717, 1.165) is 42.1 Å². The third kappa shape index (κ3) is 4.33. The van der Waals surface area contributed by atoms with Crippen molar-refractivity contribution in [2.45, 2.75) is 19.3 Å². The number of nitrogens with zero attached hydrogens (tertiary/aromatic N) is 5. The monoisotopic (exact) mass is 386 g/mol. The second kappa shape index (κ2) is 8.67. The summed E-state index contributed by atoms with van der Waals surface area (Å²) >= 11 is 0. The normalized spacial score (nSPS) is 13.3. The molecule has 7 nitrogen and oxygen atoms in total. The number of rotatable bonds is 6. The van der Waals surface area contributed by atoms with E-state index in [2.05, 4.69) is 25.9 Å². The minimum absolute atomic E-state index is 0.289. The standard InChI is InChI=1S/C22H22N6O/c23-9-7-16-3-6-20(26-15-16)19-5-4-17(14-24)27-22(19)29-18-8-10-25-21(13-18)28-11-1-2-12-28/h3-6,8,10,13,15H,1-2,7,9,11-12,23H2. The first kappa shape index (κ1) is 18.8. The first-order chi connectivity index (χ1) is 14.3. The molecule has 0 amide bonds. The fourth-order valence-electron chi connectivity index (χ4n) is 3.37. The van der Waals surface area contributed by atoms with Gasteiger partial charge in [0.05, 0.1) is 11.3 Å². The van der Waals surface area contributed by atoms with Gasteiger partial charge in [0, 0.05) is 31.5 Å². The maximum Gasteiger partial charge on any atom is 0.229 e. The van der Waals surface area contributed by atoms with Gasteiger partial charge in [-0.15, -0.1) is 0 Å². The van der Waals surface area contributed by atoms with Crippen molar-refractivity contribution in [2.75, 3.05) is 24.5 Å². The average molecular weight is 386 g/mol. The van der Waals surface area contributed by atoms with Crippen LogP contribution >= 0.6 is 0 Å². The molecule has 1 aliphatic rings. The molecule has 0 spiro atoms. The van der Waals surface area contributed by atoms with Crippen LogP contribution in [0, 0.1) is 11.3 Å². The van der Waals surface area contributed by atoms with E-state index in [1.165, 1.54) is 12.8 Å². The van der Waals surface area contributed by atoms with Gasteiger partial charge >= 0.3 is 0 Å². The van der Waals surface area contributed by atoms with Gasteiger partial charge < -0.3 is 15.4 Å². The van der Waals surface area contributed by atoms with E-state index < -0.39 is 0 Å². The topological polar surface area (TPSA) is 101 Å². The minimum atomic E-state index is 0.289. The zero-order chi connectivity index (χ0) is 20.1. The van der Waals surface area contributed by atoms with Crippen LogP contribution in [0.5, 0.6) is 11.6 Å². The summed E-state index contributed by atoms with van der Waals surface area (Å²) in [4.78, 5) is 15.6. The van der Waals surface area contributed by atoms with Crippen LogP contribution in [0.1, 0.15) is 24.1 Å². The van der Waals surface area contributed by atoms with Gasteiger partial charge in [-0.05, 0) is 55.6 Å². The van der Waals surface area contributed by atoms with Gasteiger partial charge in [0.25, 0.3) is 0 Å². The van der Waals surface area contributed by atoms with Crippen LogP contribution in [-0.2, 0) is 6.42 Å². The Morgan fingerprint density at radius 2 is 1.97 bits per heavy atom.